The molecule has 6 nitrogen and oxygen atoms in total. The maximum atomic E-state index is 13.6. The predicted octanol–water partition coefficient (Wildman–Crippen LogP) is 11.5. The van der Waals surface area contributed by atoms with Crippen LogP contribution in [-0.4, -0.2) is 61.8 Å². The molecule has 0 spiro atoms. The number of benzene rings is 1. The molecule has 0 bridgehead atoms. The lowest BCUT2D eigenvalue weighted by atomic mass is 9.33. The third kappa shape index (κ3) is 7.14. The summed E-state index contributed by atoms with van der Waals surface area (Å²) in [4.78, 5) is 29.3. The van der Waals surface area contributed by atoms with Crippen LogP contribution in [0.5, 0.6) is 0 Å². The molecule has 6 aliphatic carbocycles. The van der Waals surface area contributed by atoms with Gasteiger partial charge in [0, 0.05) is 18.6 Å². The van der Waals surface area contributed by atoms with E-state index in [0.29, 0.717) is 59.5 Å². The van der Waals surface area contributed by atoms with Crippen LogP contribution in [-0.2, 0) is 14.3 Å². The van der Waals surface area contributed by atoms with E-state index in [1.165, 1.54) is 107 Å². The molecule has 59 heavy (non-hydrogen) atoms. The molecule has 0 radical (unpaired) electrons. The molecule has 0 aromatic heterocycles. The van der Waals surface area contributed by atoms with Gasteiger partial charge in [-0.15, -0.1) is 0 Å². The van der Waals surface area contributed by atoms with E-state index < -0.39 is 11.4 Å². The van der Waals surface area contributed by atoms with Crippen LogP contribution >= 0.6 is 0 Å². The standard InChI is InChI=1S/C53H78N2O4/c1-9-58-47(57)52(36-59-46(56)39-16-12-10-13-17-39)27-20-38(21-28-52)41-23-25-49(6)43(48(41,4)5)24-26-51(8)44(49)19-18-42-45-40(37(2)3)22-29-53(45,31-30-50(42,51)7)54-32-35-55-33-14-11-15-34-55/h10,12-13,16-17,20,23,40,42-45,54H,2,9,11,14-15,18-19,21-22,24-36H2,1,3-8H3/t40-,42+,43-,44+,45+,49-,50+,51+,52+,53-/m0/s1. The second-order valence-electron chi connectivity index (χ2n) is 22.1. The quantitative estimate of drug-likeness (QED) is 0.177. The number of carbonyl (C=O) groups excluding carboxylic acids is 2. The Hall–Kier alpha value is -2.70. The lowest BCUT2D eigenvalue weighted by molar-refractivity contribution is -0.221. The van der Waals surface area contributed by atoms with Crippen molar-refractivity contribution in [3.8, 4) is 0 Å². The molecule has 1 saturated heterocycles. The Morgan fingerprint density at radius 2 is 1.59 bits per heavy atom. The van der Waals surface area contributed by atoms with Gasteiger partial charge in [0.25, 0.3) is 0 Å². The van der Waals surface area contributed by atoms with Crippen molar-refractivity contribution >= 4 is 11.9 Å². The summed E-state index contributed by atoms with van der Waals surface area (Å²) in [5, 5.41) is 4.36. The molecule has 4 saturated carbocycles. The van der Waals surface area contributed by atoms with E-state index in [-0.39, 0.29) is 28.9 Å². The topological polar surface area (TPSA) is 67.9 Å². The fraction of sp³-hybridized carbons (Fsp3) is 0.736. The summed E-state index contributed by atoms with van der Waals surface area (Å²) < 4.78 is 11.5. The highest BCUT2D eigenvalue weighted by molar-refractivity contribution is 5.89. The lowest BCUT2D eigenvalue weighted by Crippen LogP contribution is -2.68. The average molecular weight is 807 g/mol. The minimum Gasteiger partial charge on any atom is -0.465 e. The molecule has 8 rings (SSSR count). The monoisotopic (exact) mass is 807 g/mol. The molecule has 10 atom stereocenters. The predicted molar refractivity (Wildman–Crippen MR) is 239 cm³/mol. The smallest absolute Gasteiger partial charge is 0.338 e. The van der Waals surface area contributed by atoms with Crippen LogP contribution < -0.4 is 5.32 Å². The number of nitrogens with one attached hydrogen (secondary N) is 1. The highest BCUT2D eigenvalue weighted by Gasteiger charge is 2.70. The van der Waals surface area contributed by atoms with Gasteiger partial charge in [-0.2, -0.15) is 0 Å². The van der Waals surface area contributed by atoms with Crippen molar-refractivity contribution < 1.29 is 19.1 Å². The van der Waals surface area contributed by atoms with Gasteiger partial charge in [-0.3, -0.25) is 4.79 Å². The Kier molecular flexibility index (Phi) is 11.8. The Bertz CT molecular complexity index is 1810. The molecule has 1 heterocycles. The lowest BCUT2D eigenvalue weighted by Gasteiger charge is -2.72. The van der Waals surface area contributed by atoms with Crippen molar-refractivity contribution in [2.75, 3.05) is 39.4 Å². The Morgan fingerprint density at radius 3 is 2.29 bits per heavy atom. The minimum atomic E-state index is -0.860. The summed E-state index contributed by atoms with van der Waals surface area (Å²) in [5.41, 5.74) is 5.13. The van der Waals surface area contributed by atoms with Gasteiger partial charge >= 0.3 is 11.9 Å². The summed E-state index contributed by atoms with van der Waals surface area (Å²) in [6.45, 7) is 27.4. The fourth-order valence-corrected chi connectivity index (χ4v) is 15.9. The maximum Gasteiger partial charge on any atom is 0.338 e. The zero-order chi connectivity index (χ0) is 41.8. The van der Waals surface area contributed by atoms with Crippen molar-refractivity contribution in [2.45, 2.75) is 150 Å². The maximum absolute atomic E-state index is 13.6. The first-order valence-corrected chi connectivity index (χ1v) is 24.1. The van der Waals surface area contributed by atoms with Gasteiger partial charge in [0.05, 0.1) is 12.2 Å². The third-order valence-electron chi connectivity index (χ3n) is 19.2. The van der Waals surface area contributed by atoms with E-state index in [2.05, 4.69) is 70.5 Å². The van der Waals surface area contributed by atoms with Crippen molar-refractivity contribution in [2.24, 2.45) is 56.7 Å². The van der Waals surface area contributed by atoms with Crippen LogP contribution in [0.1, 0.15) is 155 Å². The molecule has 1 aromatic carbocycles. The van der Waals surface area contributed by atoms with Gasteiger partial charge < -0.3 is 19.7 Å². The van der Waals surface area contributed by atoms with Gasteiger partial charge in [0.15, 0.2) is 0 Å². The Morgan fingerprint density at radius 1 is 0.831 bits per heavy atom. The Balaban J connectivity index is 1.01. The van der Waals surface area contributed by atoms with E-state index >= 15 is 0 Å². The van der Waals surface area contributed by atoms with E-state index in [9.17, 15) is 9.59 Å². The van der Waals surface area contributed by atoms with Crippen molar-refractivity contribution in [3.63, 3.8) is 0 Å². The number of fused-ring (bicyclic) bond motifs is 7. The fourth-order valence-electron chi connectivity index (χ4n) is 15.9. The van der Waals surface area contributed by atoms with Crippen molar-refractivity contribution in [1.29, 1.82) is 0 Å². The van der Waals surface area contributed by atoms with Crippen LogP contribution in [0.25, 0.3) is 0 Å². The summed E-state index contributed by atoms with van der Waals surface area (Å²) in [5.74, 6) is 2.73. The molecule has 0 unspecified atom stereocenters. The summed E-state index contributed by atoms with van der Waals surface area (Å²) in [6.07, 6.45) is 22.7. The molecule has 1 aliphatic heterocycles. The number of likely N-dealkylation sites (tertiary alicyclic amines) is 1. The zero-order valence-corrected chi connectivity index (χ0v) is 38.1. The molecule has 0 amide bonds. The molecule has 5 fully saturated rings. The van der Waals surface area contributed by atoms with E-state index in [0.717, 1.165) is 25.3 Å². The van der Waals surface area contributed by atoms with E-state index in [1.54, 1.807) is 12.1 Å². The van der Waals surface area contributed by atoms with Crippen LogP contribution in [0.4, 0.5) is 0 Å². The number of nitrogens with zero attached hydrogens (tertiary/aromatic N) is 1. The number of carbonyl (C=O) groups is 2. The van der Waals surface area contributed by atoms with Gasteiger partial charge in [-0.1, -0.05) is 83.5 Å². The number of rotatable bonds is 11. The van der Waals surface area contributed by atoms with Crippen molar-refractivity contribution in [3.05, 3.63) is 71.3 Å². The normalized spacial score (nSPS) is 40.3. The number of piperidine rings is 1. The number of hydrogen-bond acceptors (Lipinski definition) is 6. The molecule has 7 aliphatic rings. The average Bonchev–Trinajstić information content (AvgIpc) is 3.61. The van der Waals surface area contributed by atoms with Gasteiger partial charge in [0.1, 0.15) is 12.0 Å². The number of hydrogen-bond donors (Lipinski definition) is 1. The van der Waals surface area contributed by atoms with Gasteiger partial charge in [0.2, 0.25) is 0 Å². The molecular formula is C53H78N2O4. The summed E-state index contributed by atoms with van der Waals surface area (Å²) in [7, 11) is 0. The number of ether oxygens (including phenoxy) is 2. The highest BCUT2D eigenvalue weighted by atomic mass is 16.6. The van der Waals surface area contributed by atoms with Crippen LogP contribution in [0, 0.1) is 56.7 Å². The minimum absolute atomic E-state index is 0.0259. The van der Waals surface area contributed by atoms with Crippen LogP contribution in [0.2, 0.25) is 0 Å². The first kappa shape index (κ1) is 43.0. The molecule has 1 N–H and O–H groups in total. The second-order valence-corrected chi connectivity index (χ2v) is 22.1. The first-order chi connectivity index (χ1) is 28.1. The second kappa shape index (κ2) is 16.2. The summed E-state index contributed by atoms with van der Waals surface area (Å²) in [6, 6.07) is 9.07. The van der Waals surface area contributed by atoms with Crippen LogP contribution in [0.15, 0.2) is 65.8 Å². The summed E-state index contributed by atoms with van der Waals surface area (Å²) >= 11 is 0. The highest BCUT2D eigenvalue weighted by Crippen LogP contribution is 2.76. The van der Waals surface area contributed by atoms with E-state index in [1.807, 2.05) is 25.1 Å². The van der Waals surface area contributed by atoms with Gasteiger partial charge in [-0.25, -0.2) is 4.79 Å². The zero-order valence-electron chi connectivity index (χ0n) is 38.1. The first-order valence-electron chi connectivity index (χ1n) is 24.1. The van der Waals surface area contributed by atoms with E-state index in [4.69, 9.17) is 9.47 Å². The van der Waals surface area contributed by atoms with Gasteiger partial charge in [-0.05, 0) is 191 Å². The largest absolute Gasteiger partial charge is 0.465 e. The number of esters is 2. The number of allylic oxidation sites excluding steroid dienone is 5. The van der Waals surface area contributed by atoms with Crippen molar-refractivity contribution in [1.82, 2.24) is 10.2 Å². The molecular weight excluding hydrogens is 729 g/mol. The third-order valence-corrected chi connectivity index (χ3v) is 19.2. The SMILES string of the molecule is C=C(C)[C@@H]1CC[C@]2(NCCN3CCCCC3)CC[C@]3(C)[C@H](CC[C@@H]4[C@@]5(C)CC=C(C6=CC[C@@](COC(=O)c7ccccc7)(C(=O)OCC)CC6)C(C)(C)[C@@H]5CC[C@]43C)[C@@H]12. The van der Waals surface area contributed by atoms with Crippen LogP contribution in [0.3, 0.4) is 0 Å². The molecule has 1 aromatic rings. The Labute approximate surface area is 357 Å². The molecule has 6 heteroatoms. The molecule has 324 valence electrons.